The molecule has 0 aromatic carbocycles. The van der Waals surface area contributed by atoms with Crippen LogP contribution in [-0.4, -0.2) is 31.4 Å². The Morgan fingerprint density at radius 3 is 2.69 bits per heavy atom. The van der Waals surface area contributed by atoms with Gasteiger partial charge >= 0.3 is 0 Å². The average molecular weight is 265 g/mol. The molecule has 0 fully saturated rings. The van der Waals surface area contributed by atoms with Crippen molar-refractivity contribution in [2.75, 3.05) is 25.5 Å². The standard InChI is InChI=1S/C11H23NO2S2/c1-11(2,3)9-14-7-4-6-12-10(13)5-8-16-15/h15H,4-9H2,1-3H3,(H,12,13). The van der Waals surface area contributed by atoms with Crippen LogP contribution in [0.3, 0.4) is 0 Å². The van der Waals surface area contributed by atoms with Crippen molar-refractivity contribution < 1.29 is 9.53 Å². The van der Waals surface area contributed by atoms with Gasteiger partial charge in [0.15, 0.2) is 0 Å². The fourth-order valence-electron chi connectivity index (χ4n) is 1.01. The molecule has 16 heavy (non-hydrogen) atoms. The molecule has 0 aliphatic rings. The van der Waals surface area contributed by atoms with Gasteiger partial charge in [0.1, 0.15) is 0 Å². The molecule has 0 rings (SSSR count). The quantitative estimate of drug-likeness (QED) is 0.402. The molecule has 0 unspecified atom stereocenters. The Morgan fingerprint density at radius 1 is 1.44 bits per heavy atom. The van der Waals surface area contributed by atoms with Gasteiger partial charge in [0.05, 0.1) is 6.61 Å². The molecule has 0 bridgehead atoms. The summed E-state index contributed by atoms with van der Waals surface area (Å²) in [6, 6.07) is 0. The van der Waals surface area contributed by atoms with E-state index < -0.39 is 0 Å². The highest BCUT2D eigenvalue weighted by atomic mass is 33.1. The highest BCUT2D eigenvalue weighted by Gasteiger charge is 2.09. The lowest BCUT2D eigenvalue weighted by atomic mass is 9.99. The third kappa shape index (κ3) is 12.2. The third-order valence-corrected chi connectivity index (χ3v) is 2.68. The highest BCUT2D eigenvalue weighted by Crippen LogP contribution is 2.12. The molecule has 0 spiro atoms. The second kappa shape index (κ2) is 9.19. The van der Waals surface area contributed by atoms with Crippen molar-refractivity contribution in [2.45, 2.75) is 33.6 Å². The van der Waals surface area contributed by atoms with Crippen molar-refractivity contribution in [1.29, 1.82) is 0 Å². The summed E-state index contributed by atoms with van der Waals surface area (Å²) in [7, 11) is 1.39. The number of hydrogen-bond acceptors (Lipinski definition) is 4. The van der Waals surface area contributed by atoms with Crippen LogP contribution in [-0.2, 0) is 9.53 Å². The normalized spacial score (nSPS) is 11.5. The van der Waals surface area contributed by atoms with Gasteiger partial charge in [-0.25, -0.2) is 0 Å². The van der Waals surface area contributed by atoms with Gasteiger partial charge in [-0.05, 0) is 11.8 Å². The molecule has 5 heteroatoms. The zero-order valence-corrected chi connectivity index (χ0v) is 12.1. The second-order valence-corrected chi connectivity index (χ2v) is 6.34. The van der Waals surface area contributed by atoms with E-state index in [-0.39, 0.29) is 11.3 Å². The molecule has 0 atom stereocenters. The van der Waals surface area contributed by atoms with Crippen LogP contribution in [0.4, 0.5) is 0 Å². The van der Waals surface area contributed by atoms with E-state index in [4.69, 9.17) is 4.74 Å². The van der Waals surface area contributed by atoms with Crippen LogP contribution < -0.4 is 5.32 Å². The summed E-state index contributed by atoms with van der Waals surface area (Å²) in [5.41, 5.74) is 0.215. The minimum absolute atomic E-state index is 0.0948. The van der Waals surface area contributed by atoms with E-state index >= 15 is 0 Å². The van der Waals surface area contributed by atoms with Gasteiger partial charge in [-0.3, -0.25) is 4.79 Å². The van der Waals surface area contributed by atoms with Crippen LogP contribution in [0.1, 0.15) is 33.6 Å². The number of ether oxygens (including phenoxy) is 1. The first-order valence-electron chi connectivity index (χ1n) is 5.56. The van der Waals surface area contributed by atoms with Crippen LogP contribution in [0.2, 0.25) is 0 Å². The topological polar surface area (TPSA) is 38.3 Å². The fraction of sp³-hybridized carbons (Fsp3) is 0.909. The molecular formula is C11H23NO2S2. The van der Waals surface area contributed by atoms with Gasteiger partial charge in [0.2, 0.25) is 5.91 Å². The summed E-state index contributed by atoms with van der Waals surface area (Å²) >= 11 is 3.98. The molecule has 0 saturated heterocycles. The van der Waals surface area contributed by atoms with Gasteiger partial charge in [0, 0.05) is 25.3 Å². The lowest BCUT2D eigenvalue weighted by Gasteiger charge is -2.17. The SMILES string of the molecule is CC(C)(C)COCCCNC(=O)CCSS. The second-order valence-electron chi connectivity index (χ2n) is 4.90. The van der Waals surface area contributed by atoms with E-state index in [0.717, 1.165) is 18.8 Å². The zero-order valence-electron chi connectivity index (χ0n) is 10.4. The first-order valence-corrected chi connectivity index (χ1v) is 7.60. The Labute approximate surface area is 108 Å². The lowest BCUT2D eigenvalue weighted by molar-refractivity contribution is -0.120. The van der Waals surface area contributed by atoms with Gasteiger partial charge in [-0.2, -0.15) is 0 Å². The monoisotopic (exact) mass is 265 g/mol. The van der Waals surface area contributed by atoms with E-state index in [0.29, 0.717) is 19.6 Å². The maximum atomic E-state index is 11.2. The van der Waals surface area contributed by atoms with E-state index in [2.05, 4.69) is 37.7 Å². The van der Waals surface area contributed by atoms with E-state index in [9.17, 15) is 4.79 Å². The molecule has 0 heterocycles. The lowest BCUT2D eigenvalue weighted by Crippen LogP contribution is -2.25. The minimum atomic E-state index is 0.0948. The van der Waals surface area contributed by atoms with Crippen LogP contribution in [0.15, 0.2) is 0 Å². The summed E-state index contributed by atoms with van der Waals surface area (Å²) in [6.07, 6.45) is 1.41. The smallest absolute Gasteiger partial charge is 0.220 e. The molecule has 0 aromatic heterocycles. The summed E-state index contributed by atoms with van der Waals surface area (Å²) < 4.78 is 5.49. The molecule has 1 amide bonds. The molecule has 3 nitrogen and oxygen atoms in total. The van der Waals surface area contributed by atoms with Crippen molar-refractivity contribution >= 4 is 28.4 Å². The van der Waals surface area contributed by atoms with Crippen molar-refractivity contribution in [1.82, 2.24) is 5.32 Å². The average Bonchev–Trinajstić information content (AvgIpc) is 2.18. The summed E-state index contributed by atoms with van der Waals surface area (Å²) in [5, 5.41) is 2.85. The first-order chi connectivity index (χ1) is 7.45. The highest BCUT2D eigenvalue weighted by molar-refractivity contribution is 8.68. The van der Waals surface area contributed by atoms with Crippen LogP contribution in [0.5, 0.6) is 0 Å². The predicted molar refractivity (Wildman–Crippen MR) is 74.0 cm³/mol. The number of hydrogen-bond donors (Lipinski definition) is 2. The molecule has 0 aliphatic carbocycles. The minimum Gasteiger partial charge on any atom is -0.381 e. The summed E-state index contributed by atoms with van der Waals surface area (Å²) in [4.78, 5) is 11.2. The zero-order chi connectivity index (χ0) is 12.4. The summed E-state index contributed by atoms with van der Waals surface area (Å²) in [6.45, 7) is 8.59. The number of rotatable bonds is 8. The molecule has 0 saturated carbocycles. The van der Waals surface area contributed by atoms with Crippen molar-refractivity contribution in [3.63, 3.8) is 0 Å². The number of nitrogens with one attached hydrogen (secondary N) is 1. The molecule has 0 aliphatic heterocycles. The van der Waals surface area contributed by atoms with E-state index in [1.807, 2.05) is 0 Å². The molecule has 0 radical (unpaired) electrons. The van der Waals surface area contributed by atoms with Gasteiger partial charge in [0.25, 0.3) is 0 Å². The third-order valence-electron chi connectivity index (χ3n) is 1.74. The van der Waals surface area contributed by atoms with Gasteiger partial charge in [-0.15, -0.1) is 11.7 Å². The number of thiol groups is 1. The number of carbonyl (C=O) groups excluding carboxylic acids is 1. The Bertz CT molecular complexity index is 193. The Balaban J connectivity index is 3.24. The van der Waals surface area contributed by atoms with Crippen LogP contribution in [0, 0.1) is 5.41 Å². The number of amides is 1. The van der Waals surface area contributed by atoms with Crippen LogP contribution >= 0.6 is 22.5 Å². The van der Waals surface area contributed by atoms with Gasteiger partial charge < -0.3 is 10.1 Å². The predicted octanol–water partition coefficient (Wildman–Crippen LogP) is 2.52. The van der Waals surface area contributed by atoms with Crippen LogP contribution in [0.25, 0.3) is 0 Å². The van der Waals surface area contributed by atoms with Crippen molar-refractivity contribution in [3.05, 3.63) is 0 Å². The van der Waals surface area contributed by atoms with E-state index in [1.54, 1.807) is 0 Å². The maximum absolute atomic E-state index is 11.2. The Hall–Kier alpha value is 0.130. The molecule has 96 valence electrons. The van der Waals surface area contributed by atoms with Gasteiger partial charge in [-0.1, -0.05) is 31.6 Å². The van der Waals surface area contributed by atoms with Crippen molar-refractivity contribution in [3.8, 4) is 0 Å². The maximum Gasteiger partial charge on any atom is 0.220 e. The fourth-order valence-corrected chi connectivity index (χ4v) is 1.56. The molecule has 0 aromatic rings. The Morgan fingerprint density at radius 2 is 2.12 bits per heavy atom. The van der Waals surface area contributed by atoms with Crippen molar-refractivity contribution in [2.24, 2.45) is 5.41 Å². The first kappa shape index (κ1) is 16.1. The Kier molecular flexibility index (Phi) is 9.26. The largest absolute Gasteiger partial charge is 0.381 e. The molecular weight excluding hydrogens is 242 g/mol. The summed E-state index contributed by atoms with van der Waals surface area (Å²) in [5.74, 6) is 0.854. The molecule has 1 N–H and O–H groups in total. The van der Waals surface area contributed by atoms with E-state index in [1.165, 1.54) is 10.8 Å². The number of carbonyl (C=O) groups is 1.